The Morgan fingerprint density at radius 3 is 2.07 bits per heavy atom. The van der Waals surface area contributed by atoms with Gasteiger partial charge in [0.15, 0.2) is 0 Å². The van der Waals surface area contributed by atoms with Crippen molar-refractivity contribution in [3.8, 4) is 5.75 Å². The molecule has 0 aliphatic heterocycles. The van der Waals surface area contributed by atoms with E-state index in [1.165, 1.54) is 0 Å². The molecule has 5 heteroatoms. The average molecular weight is 412 g/mol. The van der Waals surface area contributed by atoms with Gasteiger partial charge < -0.3 is 19.9 Å². The highest BCUT2D eigenvalue weighted by Gasteiger charge is 2.22. The lowest BCUT2D eigenvalue weighted by molar-refractivity contribution is 0.0644. The fourth-order valence-corrected chi connectivity index (χ4v) is 4.04. The van der Waals surface area contributed by atoms with Gasteiger partial charge in [-0.1, -0.05) is 13.0 Å². The van der Waals surface area contributed by atoms with Crippen LogP contribution in [0.4, 0.5) is 11.4 Å². The quantitative estimate of drug-likeness (QED) is 0.603. The standard InChI is InChI=1S/C25H37N3O2/c1-17(2)28(18(3)4)25(29)20-12-14-21(15-13-20)26-22-10-9-11-23(30-8)24(22)19(5)16-27(6)7/h9-15,17-19,26H,16H2,1-8H3. The van der Waals surface area contributed by atoms with E-state index in [1.54, 1.807) is 7.11 Å². The van der Waals surface area contributed by atoms with Crippen molar-refractivity contribution in [1.82, 2.24) is 9.80 Å². The Hall–Kier alpha value is -2.53. The maximum absolute atomic E-state index is 12.9. The third kappa shape index (κ3) is 5.76. The Labute approximate surface area is 182 Å². The molecule has 1 unspecified atom stereocenters. The lowest BCUT2D eigenvalue weighted by Crippen LogP contribution is -2.42. The zero-order valence-corrected chi connectivity index (χ0v) is 19.7. The molecule has 1 N–H and O–H groups in total. The first-order valence-corrected chi connectivity index (χ1v) is 10.7. The molecule has 0 bridgehead atoms. The predicted molar refractivity (Wildman–Crippen MR) is 126 cm³/mol. The summed E-state index contributed by atoms with van der Waals surface area (Å²) in [6.45, 7) is 11.3. The summed E-state index contributed by atoms with van der Waals surface area (Å²) in [6, 6.07) is 14.1. The first-order chi connectivity index (χ1) is 14.1. The van der Waals surface area contributed by atoms with Crippen molar-refractivity contribution in [2.75, 3.05) is 33.1 Å². The second kappa shape index (κ2) is 10.5. The van der Waals surface area contributed by atoms with Crippen LogP contribution in [0.5, 0.6) is 5.75 Å². The van der Waals surface area contributed by atoms with Gasteiger partial charge in [0.1, 0.15) is 5.75 Å². The Morgan fingerprint density at radius 2 is 1.57 bits per heavy atom. The molecule has 0 heterocycles. The Bertz CT molecular complexity index is 821. The van der Waals surface area contributed by atoms with E-state index in [4.69, 9.17) is 4.74 Å². The average Bonchev–Trinajstić information content (AvgIpc) is 2.67. The van der Waals surface area contributed by atoms with E-state index in [1.807, 2.05) is 69.0 Å². The molecule has 2 aromatic rings. The molecule has 0 aliphatic rings. The van der Waals surface area contributed by atoms with E-state index in [9.17, 15) is 4.79 Å². The highest BCUT2D eigenvalue weighted by atomic mass is 16.5. The molecule has 0 radical (unpaired) electrons. The summed E-state index contributed by atoms with van der Waals surface area (Å²) >= 11 is 0. The summed E-state index contributed by atoms with van der Waals surface area (Å²) in [5, 5.41) is 3.52. The smallest absolute Gasteiger partial charge is 0.254 e. The fraction of sp³-hybridized carbons (Fsp3) is 0.480. The van der Waals surface area contributed by atoms with Crippen LogP contribution in [0, 0.1) is 0 Å². The number of anilines is 2. The number of carbonyl (C=O) groups excluding carboxylic acids is 1. The van der Waals surface area contributed by atoms with Gasteiger partial charge in [-0.15, -0.1) is 0 Å². The van der Waals surface area contributed by atoms with Crippen molar-refractivity contribution < 1.29 is 9.53 Å². The van der Waals surface area contributed by atoms with E-state index >= 15 is 0 Å². The van der Waals surface area contributed by atoms with Gasteiger partial charge in [-0.2, -0.15) is 0 Å². The van der Waals surface area contributed by atoms with Crippen LogP contribution in [0.2, 0.25) is 0 Å². The molecular formula is C25H37N3O2. The van der Waals surface area contributed by atoms with Gasteiger partial charge in [0, 0.05) is 41.1 Å². The molecule has 1 amide bonds. The van der Waals surface area contributed by atoms with Crippen molar-refractivity contribution in [2.24, 2.45) is 0 Å². The highest BCUT2D eigenvalue weighted by Crippen LogP contribution is 2.35. The number of rotatable bonds is 9. The molecule has 0 aromatic heterocycles. The van der Waals surface area contributed by atoms with Gasteiger partial charge in [0.2, 0.25) is 0 Å². The summed E-state index contributed by atoms with van der Waals surface area (Å²) in [7, 11) is 5.86. The second-order valence-corrected chi connectivity index (χ2v) is 8.69. The third-order valence-corrected chi connectivity index (χ3v) is 5.18. The maximum atomic E-state index is 12.9. The lowest BCUT2D eigenvalue weighted by Gasteiger charge is -2.31. The first kappa shape index (κ1) is 23.7. The number of hydrogen-bond acceptors (Lipinski definition) is 4. The molecule has 2 aromatic carbocycles. The lowest BCUT2D eigenvalue weighted by atomic mass is 9.97. The number of ether oxygens (including phenoxy) is 1. The first-order valence-electron chi connectivity index (χ1n) is 10.7. The normalized spacial score (nSPS) is 12.4. The van der Waals surface area contributed by atoms with Crippen LogP contribution in [0.15, 0.2) is 42.5 Å². The van der Waals surface area contributed by atoms with Crippen LogP contribution in [0.3, 0.4) is 0 Å². The number of carbonyl (C=O) groups is 1. The van der Waals surface area contributed by atoms with Crippen LogP contribution in [-0.4, -0.2) is 55.5 Å². The van der Waals surface area contributed by atoms with Crippen molar-refractivity contribution in [3.63, 3.8) is 0 Å². The Morgan fingerprint density at radius 1 is 0.967 bits per heavy atom. The largest absolute Gasteiger partial charge is 0.496 e. The number of amides is 1. The van der Waals surface area contributed by atoms with Crippen LogP contribution in [0.25, 0.3) is 0 Å². The zero-order chi connectivity index (χ0) is 22.4. The number of nitrogens with one attached hydrogen (secondary N) is 1. The van der Waals surface area contributed by atoms with Crippen LogP contribution >= 0.6 is 0 Å². The van der Waals surface area contributed by atoms with Gasteiger partial charge in [0.05, 0.1) is 7.11 Å². The molecule has 0 aliphatic carbocycles. The maximum Gasteiger partial charge on any atom is 0.254 e. The van der Waals surface area contributed by atoms with Crippen LogP contribution in [0.1, 0.15) is 56.5 Å². The molecule has 5 nitrogen and oxygen atoms in total. The highest BCUT2D eigenvalue weighted by molar-refractivity contribution is 5.95. The predicted octanol–water partition coefficient (Wildman–Crippen LogP) is 5.36. The van der Waals surface area contributed by atoms with Gasteiger partial charge in [-0.25, -0.2) is 0 Å². The molecule has 164 valence electrons. The fourth-order valence-electron chi connectivity index (χ4n) is 4.04. The molecule has 30 heavy (non-hydrogen) atoms. The number of benzene rings is 2. The molecule has 0 saturated heterocycles. The molecule has 0 fully saturated rings. The summed E-state index contributed by atoms with van der Waals surface area (Å²) in [5.41, 5.74) is 3.82. The van der Waals surface area contributed by atoms with Gasteiger partial charge in [0.25, 0.3) is 5.91 Å². The number of nitrogens with zero attached hydrogens (tertiary/aromatic N) is 2. The minimum absolute atomic E-state index is 0.0632. The van der Waals surface area contributed by atoms with Crippen molar-refractivity contribution in [2.45, 2.75) is 52.6 Å². The Kier molecular flexibility index (Phi) is 8.30. The van der Waals surface area contributed by atoms with E-state index in [-0.39, 0.29) is 18.0 Å². The van der Waals surface area contributed by atoms with Gasteiger partial charge >= 0.3 is 0 Å². The van der Waals surface area contributed by atoms with Gasteiger partial charge in [-0.3, -0.25) is 4.79 Å². The van der Waals surface area contributed by atoms with E-state index in [0.29, 0.717) is 11.5 Å². The third-order valence-electron chi connectivity index (χ3n) is 5.18. The molecular weight excluding hydrogens is 374 g/mol. The van der Waals surface area contributed by atoms with Crippen molar-refractivity contribution in [1.29, 1.82) is 0 Å². The van der Waals surface area contributed by atoms with E-state index in [2.05, 4.69) is 37.3 Å². The molecule has 1 atom stereocenters. The summed E-state index contributed by atoms with van der Waals surface area (Å²) in [4.78, 5) is 17.0. The minimum Gasteiger partial charge on any atom is -0.496 e. The molecule has 0 saturated carbocycles. The summed E-state index contributed by atoms with van der Waals surface area (Å²) in [6.07, 6.45) is 0. The van der Waals surface area contributed by atoms with E-state index < -0.39 is 0 Å². The second-order valence-electron chi connectivity index (χ2n) is 8.69. The topological polar surface area (TPSA) is 44.8 Å². The number of hydrogen-bond donors (Lipinski definition) is 1. The zero-order valence-electron chi connectivity index (χ0n) is 19.7. The molecule has 0 spiro atoms. The summed E-state index contributed by atoms with van der Waals surface area (Å²) < 4.78 is 5.64. The summed E-state index contributed by atoms with van der Waals surface area (Å²) in [5.74, 6) is 1.24. The monoisotopic (exact) mass is 411 g/mol. The number of likely N-dealkylation sites (N-methyl/N-ethyl adjacent to an activating group) is 1. The molecule has 2 rings (SSSR count). The number of methoxy groups -OCH3 is 1. The van der Waals surface area contributed by atoms with E-state index in [0.717, 1.165) is 29.2 Å². The van der Waals surface area contributed by atoms with Crippen LogP contribution < -0.4 is 10.1 Å². The van der Waals surface area contributed by atoms with Crippen molar-refractivity contribution in [3.05, 3.63) is 53.6 Å². The van der Waals surface area contributed by atoms with Crippen molar-refractivity contribution >= 4 is 17.3 Å². The van der Waals surface area contributed by atoms with Crippen LogP contribution in [-0.2, 0) is 0 Å². The SMILES string of the molecule is COc1cccc(Nc2ccc(C(=O)N(C(C)C)C(C)C)cc2)c1C(C)CN(C)C. The minimum atomic E-state index is 0.0632. The Balaban J connectivity index is 2.28. The van der Waals surface area contributed by atoms with Gasteiger partial charge in [-0.05, 0) is 84.1 Å².